The fourth-order valence-corrected chi connectivity index (χ4v) is 11.3. The van der Waals surface area contributed by atoms with E-state index in [1.807, 2.05) is 30.3 Å². The summed E-state index contributed by atoms with van der Waals surface area (Å²) in [4.78, 5) is 24.0. The van der Waals surface area contributed by atoms with Crippen LogP contribution in [0.15, 0.2) is 30.3 Å². The van der Waals surface area contributed by atoms with Gasteiger partial charge in [0.2, 0.25) is 7.37 Å². The van der Waals surface area contributed by atoms with E-state index in [1.54, 1.807) is 6.66 Å². The second-order valence-corrected chi connectivity index (χ2v) is 17.7. The van der Waals surface area contributed by atoms with E-state index in [-0.39, 0.29) is 54.6 Å². The highest BCUT2D eigenvalue weighted by molar-refractivity contribution is 7.58. The summed E-state index contributed by atoms with van der Waals surface area (Å²) in [5, 5.41) is 21.0. The molecule has 240 valence electrons. The first-order chi connectivity index (χ1) is 20.3. The van der Waals surface area contributed by atoms with Gasteiger partial charge in [-0.3, -0.25) is 14.2 Å². The van der Waals surface area contributed by atoms with Crippen molar-refractivity contribution in [2.75, 3.05) is 12.8 Å². The summed E-state index contributed by atoms with van der Waals surface area (Å²) in [6, 6.07) is 9.63. The Labute approximate surface area is 258 Å². The lowest BCUT2D eigenvalue weighted by atomic mass is 9.43. The molecule has 43 heavy (non-hydrogen) atoms. The first-order valence-corrected chi connectivity index (χ1v) is 18.9. The van der Waals surface area contributed by atoms with Crippen LogP contribution >= 0.6 is 7.37 Å². The van der Waals surface area contributed by atoms with Crippen molar-refractivity contribution in [3.63, 3.8) is 0 Å². The van der Waals surface area contributed by atoms with Crippen LogP contribution in [0.5, 0.6) is 0 Å². The Morgan fingerprint density at radius 1 is 1.02 bits per heavy atom. The highest BCUT2D eigenvalue weighted by atomic mass is 31.2. The van der Waals surface area contributed by atoms with Crippen LogP contribution in [0.2, 0.25) is 0 Å². The number of esters is 1. The number of carboxylic acids is 1. The largest absolute Gasteiger partial charge is 0.481 e. The number of hydrogen-bond donors (Lipinski definition) is 2. The summed E-state index contributed by atoms with van der Waals surface area (Å²) in [6.45, 7) is 8.80. The van der Waals surface area contributed by atoms with E-state index in [4.69, 9.17) is 9.26 Å². The molecule has 0 amide bonds. The molecule has 1 aromatic carbocycles. The molecular formula is C35H53O7P. The predicted molar refractivity (Wildman–Crippen MR) is 167 cm³/mol. The van der Waals surface area contributed by atoms with Gasteiger partial charge in [-0.2, -0.15) is 0 Å². The van der Waals surface area contributed by atoms with Crippen LogP contribution in [0.25, 0.3) is 0 Å². The van der Waals surface area contributed by atoms with Crippen LogP contribution in [0.4, 0.5) is 0 Å². The fraction of sp³-hybridized carbons (Fsp3) is 0.771. The number of carbonyl (C=O) groups excluding carboxylic acids is 1. The summed E-state index contributed by atoms with van der Waals surface area (Å²) < 4.78 is 24.6. The zero-order valence-electron chi connectivity index (χ0n) is 26.6. The third-order valence-corrected chi connectivity index (χ3v) is 14.4. The van der Waals surface area contributed by atoms with Crippen molar-refractivity contribution < 1.29 is 33.6 Å². The van der Waals surface area contributed by atoms with Gasteiger partial charge in [-0.05, 0) is 110 Å². The number of carboxylic acid groups (broad SMARTS) is 1. The minimum absolute atomic E-state index is 0.101. The Kier molecular flexibility index (Phi) is 9.86. The zero-order chi connectivity index (χ0) is 31.0. The molecule has 4 fully saturated rings. The van der Waals surface area contributed by atoms with Gasteiger partial charge in [0, 0.05) is 19.2 Å². The van der Waals surface area contributed by atoms with Gasteiger partial charge < -0.3 is 19.5 Å². The number of aliphatic hydroxyl groups is 1. The van der Waals surface area contributed by atoms with Crippen LogP contribution in [0.1, 0.15) is 97.0 Å². The first kappa shape index (κ1) is 32.7. The number of benzene rings is 1. The van der Waals surface area contributed by atoms with Crippen molar-refractivity contribution in [1.82, 2.24) is 0 Å². The first-order valence-electron chi connectivity index (χ1n) is 16.7. The van der Waals surface area contributed by atoms with E-state index < -0.39 is 13.3 Å². The Morgan fingerprint density at radius 2 is 1.77 bits per heavy atom. The lowest BCUT2D eigenvalue weighted by Gasteiger charge is -2.62. The van der Waals surface area contributed by atoms with Crippen molar-refractivity contribution in [3.05, 3.63) is 35.9 Å². The molecule has 4 aliphatic rings. The normalized spacial score (nSPS) is 39.0. The Bertz CT molecular complexity index is 1190. The molecule has 0 aromatic heterocycles. The molecule has 4 saturated carbocycles. The summed E-state index contributed by atoms with van der Waals surface area (Å²) >= 11 is 0. The van der Waals surface area contributed by atoms with Crippen LogP contribution in [-0.2, 0) is 30.0 Å². The number of fused-ring (bicyclic) bond motifs is 5. The smallest absolute Gasteiger partial charge is 0.306 e. The predicted octanol–water partition coefficient (Wildman–Crippen LogP) is 7.54. The number of ether oxygens (including phenoxy) is 1. The van der Waals surface area contributed by atoms with E-state index in [1.165, 1.54) is 0 Å². The van der Waals surface area contributed by atoms with Crippen molar-refractivity contribution >= 4 is 19.3 Å². The Balaban J connectivity index is 1.15. The number of aliphatic hydroxyl groups excluding tert-OH is 1. The molecule has 0 spiro atoms. The zero-order valence-corrected chi connectivity index (χ0v) is 27.5. The molecule has 0 radical (unpaired) electrons. The molecule has 11 atom stereocenters. The molecule has 2 N–H and O–H groups in total. The quantitative estimate of drug-likeness (QED) is 0.195. The summed E-state index contributed by atoms with van der Waals surface area (Å²) in [6.07, 6.45) is 8.74. The van der Waals surface area contributed by atoms with Crippen LogP contribution in [0.3, 0.4) is 0 Å². The highest BCUT2D eigenvalue weighted by Gasteiger charge is 2.63. The lowest BCUT2D eigenvalue weighted by Crippen LogP contribution is -2.59. The molecule has 5 unspecified atom stereocenters. The topological polar surface area (TPSA) is 110 Å². The molecule has 4 aliphatic carbocycles. The monoisotopic (exact) mass is 616 g/mol. The van der Waals surface area contributed by atoms with E-state index in [9.17, 15) is 24.4 Å². The lowest BCUT2D eigenvalue weighted by molar-refractivity contribution is -0.181. The maximum atomic E-state index is 12.9. The van der Waals surface area contributed by atoms with Gasteiger partial charge in [0.15, 0.2) is 0 Å². The Morgan fingerprint density at radius 3 is 2.49 bits per heavy atom. The van der Waals surface area contributed by atoms with Crippen molar-refractivity contribution in [1.29, 1.82) is 0 Å². The van der Waals surface area contributed by atoms with Gasteiger partial charge in [-0.1, -0.05) is 51.1 Å². The molecule has 8 heteroatoms. The van der Waals surface area contributed by atoms with Gasteiger partial charge in [-0.25, -0.2) is 0 Å². The molecule has 0 bridgehead atoms. The van der Waals surface area contributed by atoms with Crippen molar-refractivity contribution in [2.45, 2.75) is 110 Å². The van der Waals surface area contributed by atoms with E-state index in [2.05, 4.69) is 20.8 Å². The van der Waals surface area contributed by atoms with Gasteiger partial charge >= 0.3 is 11.9 Å². The van der Waals surface area contributed by atoms with Crippen LogP contribution in [0, 0.1) is 46.3 Å². The summed E-state index contributed by atoms with van der Waals surface area (Å²) in [5.41, 5.74) is 0.949. The third-order valence-electron chi connectivity index (χ3n) is 12.7. The van der Waals surface area contributed by atoms with E-state index in [0.717, 1.165) is 56.9 Å². The maximum absolute atomic E-state index is 12.9. The van der Waals surface area contributed by atoms with Crippen molar-refractivity contribution in [3.8, 4) is 0 Å². The average molecular weight is 617 g/mol. The summed E-state index contributed by atoms with van der Waals surface area (Å²) in [7, 11) is -2.91. The van der Waals surface area contributed by atoms with Gasteiger partial charge in [-0.15, -0.1) is 0 Å². The van der Waals surface area contributed by atoms with E-state index in [0.29, 0.717) is 41.9 Å². The third kappa shape index (κ3) is 6.79. The molecule has 5 rings (SSSR count). The van der Waals surface area contributed by atoms with Gasteiger partial charge in [0.25, 0.3) is 0 Å². The number of aliphatic carboxylic acids is 1. The molecule has 1 aromatic rings. The molecular weight excluding hydrogens is 563 g/mol. The second kappa shape index (κ2) is 13.0. The summed E-state index contributed by atoms with van der Waals surface area (Å²) in [5.74, 6) is 1.67. The minimum Gasteiger partial charge on any atom is -0.481 e. The standard InChI is InChI=1S/C35H53O7P/c1-23(10-15-32(37)38)28-13-14-29-27-12-11-25-20-26(16-18-34(25,2)30(27)21-31(36)35(28,29)3)42-33(39)17-19-43(4,40)41-22-24-8-6-5-7-9-24/h5-9,23,25-31,36H,10-22H2,1-4H3,(H,37,38)/t23-,25-,26-,27?,28?,29?,30?,31+,34+,35-,43?/m1/s1. The van der Waals surface area contributed by atoms with E-state index >= 15 is 0 Å². The fourth-order valence-electron chi connectivity index (χ4n) is 10.2. The van der Waals surface area contributed by atoms with Gasteiger partial charge in [0.1, 0.15) is 6.10 Å². The van der Waals surface area contributed by atoms with Crippen LogP contribution in [-0.4, -0.2) is 47.2 Å². The molecule has 0 aliphatic heterocycles. The minimum atomic E-state index is -2.91. The molecule has 0 heterocycles. The van der Waals surface area contributed by atoms with Gasteiger partial charge in [0.05, 0.1) is 19.1 Å². The maximum Gasteiger partial charge on any atom is 0.306 e. The average Bonchev–Trinajstić information content (AvgIpc) is 3.34. The number of carbonyl (C=O) groups is 2. The number of hydrogen-bond acceptors (Lipinski definition) is 6. The van der Waals surface area contributed by atoms with Crippen LogP contribution < -0.4 is 0 Å². The molecule has 7 nitrogen and oxygen atoms in total. The molecule has 0 saturated heterocycles. The second-order valence-electron chi connectivity index (χ2n) is 15.0. The highest BCUT2D eigenvalue weighted by Crippen LogP contribution is 2.68. The number of rotatable bonds is 11. The Hall–Kier alpha value is -1.69. The van der Waals surface area contributed by atoms with Crippen molar-refractivity contribution in [2.24, 2.45) is 46.3 Å². The SMILES string of the molecule is C[C@H](CCC(=O)O)C1CCC2C3CC[C@@H]4C[C@H](OC(=O)CCP(C)(=O)OCc5ccccc5)CC[C@]4(C)C3C[C@H](O)[C@@]21C.